The first-order chi connectivity index (χ1) is 13.2. The first-order valence-electron chi connectivity index (χ1n) is 8.71. The van der Waals surface area contributed by atoms with Gasteiger partial charge >= 0.3 is 0 Å². The van der Waals surface area contributed by atoms with Crippen LogP contribution in [0.15, 0.2) is 79.1 Å². The number of nitrogens with zero attached hydrogens (tertiary/aromatic N) is 2. The summed E-state index contributed by atoms with van der Waals surface area (Å²) < 4.78 is 7.79. The summed E-state index contributed by atoms with van der Waals surface area (Å²) in [5.41, 5.74) is 4.27. The molecule has 134 valence electrons. The molecule has 1 amide bonds. The van der Waals surface area contributed by atoms with Crippen molar-refractivity contribution < 1.29 is 9.53 Å². The van der Waals surface area contributed by atoms with Gasteiger partial charge in [-0.1, -0.05) is 24.3 Å². The van der Waals surface area contributed by atoms with Crippen LogP contribution >= 0.6 is 0 Å². The highest BCUT2D eigenvalue weighted by molar-refractivity contribution is 6.04. The summed E-state index contributed by atoms with van der Waals surface area (Å²) in [6, 6.07) is 20.5. The Morgan fingerprint density at radius 3 is 2.56 bits per heavy atom. The third-order valence-corrected chi connectivity index (χ3v) is 4.18. The van der Waals surface area contributed by atoms with Gasteiger partial charge < -0.3 is 14.5 Å². The number of amides is 1. The molecule has 0 fully saturated rings. The van der Waals surface area contributed by atoms with Crippen molar-refractivity contribution in [2.24, 2.45) is 0 Å². The van der Waals surface area contributed by atoms with Gasteiger partial charge in [0.25, 0.3) is 5.91 Å². The summed E-state index contributed by atoms with van der Waals surface area (Å²) >= 11 is 0. The van der Waals surface area contributed by atoms with Crippen LogP contribution in [0.5, 0.6) is 5.75 Å². The van der Waals surface area contributed by atoms with E-state index in [4.69, 9.17) is 4.74 Å². The Kier molecular flexibility index (Phi) is 4.58. The lowest BCUT2D eigenvalue weighted by Gasteiger charge is -2.07. The van der Waals surface area contributed by atoms with Crippen LogP contribution in [0.2, 0.25) is 0 Å². The number of ether oxygens (including phenoxy) is 1. The third kappa shape index (κ3) is 3.98. The maximum absolute atomic E-state index is 12.3. The number of para-hydroxylation sites is 1. The molecule has 2 aromatic heterocycles. The molecule has 0 saturated carbocycles. The number of carbonyl (C=O) groups is 1. The molecule has 0 saturated heterocycles. The number of rotatable bonds is 5. The fourth-order valence-corrected chi connectivity index (χ4v) is 2.81. The Morgan fingerprint density at radius 2 is 1.78 bits per heavy atom. The summed E-state index contributed by atoms with van der Waals surface area (Å²) in [7, 11) is 0. The van der Waals surface area contributed by atoms with E-state index in [-0.39, 0.29) is 5.91 Å². The number of aryl methyl sites for hydroxylation is 1. The van der Waals surface area contributed by atoms with Crippen molar-refractivity contribution in [1.29, 1.82) is 0 Å². The van der Waals surface area contributed by atoms with Gasteiger partial charge in [0.1, 0.15) is 18.0 Å². The van der Waals surface area contributed by atoms with Crippen molar-refractivity contribution in [3.8, 4) is 5.75 Å². The van der Waals surface area contributed by atoms with Crippen molar-refractivity contribution in [2.75, 3.05) is 5.32 Å². The normalized spacial score (nSPS) is 10.7. The van der Waals surface area contributed by atoms with E-state index in [1.807, 2.05) is 66.2 Å². The Hall–Kier alpha value is -3.60. The molecule has 5 nitrogen and oxygen atoms in total. The summed E-state index contributed by atoms with van der Waals surface area (Å²) in [6.45, 7) is 2.42. The second-order valence-corrected chi connectivity index (χ2v) is 6.34. The van der Waals surface area contributed by atoms with Crippen LogP contribution < -0.4 is 10.1 Å². The number of hydrogen-bond acceptors (Lipinski definition) is 3. The van der Waals surface area contributed by atoms with Gasteiger partial charge in [-0.2, -0.15) is 0 Å². The smallest absolute Gasteiger partial charge is 0.255 e. The Balaban J connectivity index is 1.39. The van der Waals surface area contributed by atoms with Crippen LogP contribution in [-0.4, -0.2) is 15.3 Å². The largest absolute Gasteiger partial charge is 0.487 e. The first kappa shape index (κ1) is 16.8. The summed E-state index contributed by atoms with van der Waals surface area (Å²) in [5, 5.41) is 2.86. The summed E-state index contributed by atoms with van der Waals surface area (Å²) in [4.78, 5) is 16.8. The molecular formula is C22H19N3O2. The second kappa shape index (κ2) is 7.33. The fourth-order valence-electron chi connectivity index (χ4n) is 2.81. The van der Waals surface area contributed by atoms with Gasteiger partial charge in [0.05, 0.1) is 5.69 Å². The minimum atomic E-state index is -0.150. The number of hydrogen-bond donors (Lipinski definition) is 1. The molecule has 27 heavy (non-hydrogen) atoms. The van der Waals surface area contributed by atoms with Crippen LogP contribution in [0.25, 0.3) is 5.65 Å². The molecule has 5 heteroatoms. The zero-order chi connectivity index (χ0) is 18.6. The highest BCUT2D eigenvalue weighted by Crippen LogP contribution is 2.16. The number of carbonyl (C=O) groups excluding carboxylic acids is 1. The number of nitrogens with one attached hydrogen (secondary N) is 1. The molecule has 0 aliphatic heterocycles. The molecule has 2 heterocycles. The van der Waals surface area contributed by atoms with E-state index in [9.17, 15) is 4.79 Å². The molecular weight excluding hydrogens is 338 g/mol. The van der Waals surface area contributed by atoms with Gasteiger partial charge in [-0.3, -0.25) is 4.79 Å². The minimum absolute atomic E-state index is 0.150. The monoisotopic (exact) mass is 357 g/mol. The summed E-state index contributed by atoms with van der Waals surface area (Å²) in [5.74, 6) is 0.544. The van der Waals surface area contributed by atoms with E-state index in [0.29, 0.717) is 17.9 Å². The lowest BCUT2D eigenvalue weighted by Crippen LogP contribution is -2.11. The number of anilines is 1. The van der Waals surface area contributed by atoms with Crippen LogP contribution in [-0.2, 0) is 6.61 Å². The Morgan fingerprint density at radius 1 is 1.00 bits per heavy atom. The number of imidazole rings is 1. The number of aromatic nitrogens is 2. The van der Waals surface area contributed by atoms with E-state index in [2.05, 4.69) is 10.3 Å². The van der Waals surface area contributed by atoms with Crippen molar-refractivity contribution in [3.05, 3.63) is 95.9 Å². The molecule has 0 atom stereocenters. The van der Waals surface area contributed by atoms with E-state index in [1.165, 1.54) is 5.56 Å². The minimum Gasteiger partial charge on any atom is -0.487 e. The van der Waals surface area contributed by atoms with Gasteiger partial charge in [0, 0.05) is 23.6 Å². The van der Waals surface area contributed by atoms with Crippen LogP contribution in [0.1, 0.15) is 21.6 Å². The summed E-state index contributed by atoms with van der Waals surface area (Å²) in [6.07, 6.45) is 4.00. The van der Waals surface area contributed by atoms with Gasteiger partial charge in [0.2, 0.25) is 0 Å². The van der Waals surface area contributed by atoms with Crippen molar-refractivity contribution in [2.45, 2.75) is 13.5 Å². The van der Waals surface area contributed by atoms with E-state index in [0.717, 1.165) is 17.0 Å². The van der Waals surface area contributed by atoms with Gasteiger partial charge in [-0.05, 0) is 55.0 Å². The van der Waals surface area contributed by atoms with E-state index in [1.54, 1.807) is 24.3 Å². The Bertz CT molecular complexity index is 1070. The maximum atomic E-state index is 12.3. The molecule has 0 spiro atoms. The molecule has 0 radical (unpaired) electrons. The maximum Gasteiger partial charge on any atom is 0.255 e. The highest BCUT2D eigenvalue weighted by atomic mass is 16.5. The van der Waals surface area contributed by atoms with Crippen LogP contribution in [0, 0.1) is 6.92 Å². The predicted octanol–water partition coefficient (Wildman–Crippen LogP) is 4.47. The van der Waals surface area contributed by atoms with Crippen LogP contribution in [0.4, 0.5) is 5.69 Å². The van der Waals surface area contributed by atoms with Crippen LogP contribution in [0.3, 0.4) is 0 Å². The molecule has 4 rings (SSSR count). The van der Waals surface area contributed by atoms with Crippen molar-refractivity contribution >= 4 is 17.2 Å². The van der Waals surface area contributed by atoms with E-state index < -0.39 is 0 Å². The molecule has 0 aliphatic carbocycles. The Labute approximate surface area is 157 Å². The van der Waals surface area contributed by atoms with E-state index >= 15 is 0 Å². The lowest BCUT2D eigenvalue weighted by atomic mass is 10.2. The SMILES string of the molecule is Cc1ccc2nc(COc3ccc(C(=O)Nc4ccccc4)cc3)cn2c1. The topological polar surface area (TPSA) is 55.6 Å². The van der Waals surface area contributed by atoms with Crippen molar-refractivity contribution in [3.63, 3.8) is 0 Å². The predicted molar refractivity (Wildman–Crippen MR) is 105 cm³/mol. The fraction of sp³-hybridized carbons (Fsp3) is 0.0909. The standard InChI is InChI=1S/C22H19N3O2/c1-16-7-12-21-23-19(14-25(21)13-16)15-27-20-10-8-17(9-11-20)22(26)24-18-5-3-2-4-6-18/h2-14H,15H2,1H3,(H,24,26). The molecule has 1 N–H and O–H groups in total. The number of benzene rings is 2. The highest BCUT2D eigenvalue weighted by Gasteiger charge is 2.07. The zero-order valence-corrected chi connectivity index (χ0v) is 14.9. The average molecular weight is 357 g/mol. The third-order valence-electron chi connectivity index (χ3n) is 4.18. The number of fused-ring (bicyclic) bond motifs is 1. The zero-order valence-electron chi connectivity index (χ0n) is 14.9. The second-order valence-electron chi connectivity index (χ2n) is 6.34. The average Bonchev–Trinajstić information content (AvgIpc) is 3.09. The molecule has 0 unspecified atom stereocenters. The van der Waals surface area contributed by atoms with Gasteiger partial charge in [-0.25, -0.2) is 4.98 Å². The van der Waals surface area contributed by atoms with Crippen molar-refractivity contribution in [1.82, 2.24) is 9.38 Å². The quantitative estimate of drug-likeness (QED) is 0.573. The van der Waals surface area contributed by atoms with Gasteiger partial charge in [-0.15, -0.1) is 0 Å². The first-order valence-corrected chi connectivity index (χ1v) is 8.71. The lowest BCUT2D eigenvalue weighted by molar-refractivity contribution is 0.102. The van der Waals surface area contributed by atoms with Gasteiger partial charge in [0.15, 0.2) is 0 Å². The molecule has 2 aromatic carbocycles. The molecule has 0 aliphatic rings. The molecule has 4 aromatic rings. The number of pyridine rings is 1. The molecule has 0 bridgehead atoms.